The van der Waals surface area contributed by atoms with Crippen LogP contribution in [0, 0.1) is 11.8 Å². The number of alkyl carbamates (subject to hydrolysis) is 1. The molecule has 1 fully saturated rings. The van der Waals surface area contributed by atoms with Crippen molar-refractivity contribution in [2.45, 2.75) is 38.6 Å². The molecule has 4 rings (SSSR count). The molecule has 0 spiro atoms. The van der Waals surface area contributed by atoms with E-state index in [1.165, 1.54) is 4.90 Å². The summed E-state index contributed by atoms with van der Waals surface area (Å²) in [5, 5.41) is 12.1. The lowest BCUT2D eigenvalue weighted by atomic mass is 9.89. The first-order valence-electron chi connectivity index (χ1n) is 11.3. The molecule has 7 heteroatoms. The second-order valence-electron chi connectivity index (χ2n) is 9.66. The summed E-state index contributed by atoms with van der Waals surface area (Å²) in [4.78, 5) is 38.8. The summed E-state index contributed by atoms with van der Waals surface area (Å²) >= 11 is 0. The number of nitrogens with one attached hydrogen (secondary N) is 1. The number of likely N-dealkylation sites (tertiary alicyclic amines) is 1. The van der Waals surface area contributed by atoms with Crippen molar-refractivity contribution in [3.8, 4) is 11.1 Å². The number of aliphatic carboxylic acids is 1. The number of ether oxygens (including phenoxy) is 1. The number of carbonyl (C=O) groups excluding carboxylic acids is 2. The second-order valence-corrected chi connectivity index (χ2v) is 9.66. The Morgan fingerprint density at radius 3 is 2.18 bits per heavy atom. The predicted octanol–water partition coefficient (Wildman–Crippen LogP) is 3.87. The zero-order chi connectivity index (χ0) is 23.8. The van der Waals surface area contributed by atoms with Crippen LogP contribution in [-0.2, 0) is 14.3 Å². The number of amides is 2. The van der Waals surface area contributed by atoms with Crippen LogP contribution in [0.2, 0.25) is 0 Å². The van der Waals surface area contributed by atoms with Gasteiger partial charge in [-0.1, -0.05) is 55.5 Å². The van der Waals surface area contributed by atoms with Gasteiger partial charge in [-0.15, -0.1) is 0 Å². The molecule has 2 amide bonds. The fraction of sp³-hybridized carbons (Fsp3) is 0.423. The predicted molar refractivity (Wildman–Crippen MR) is 124 cm³/mol. The van der Waals surface area contributed by atoms with Crippen LogP contribution in [0.4, 0.5) is 4.79 Å². The molecule has 0 saturated carbocycles. The van der Waals surface area contributed by atoms with Crippen molar-refractivity contribution in [1.82, 2.24) is 10.2 Å². The minimum atomic E-state index is -1.22. The molecule has 2 aliphatic rings. The normalized spacial score (nSPS) is 20.0. The molecule has 7 nitrogen and oxygen atoms in total. The van der Waals surface area contributed by atoms with Crippen molar-refractivity contribution in [2.75, 3.05) is 19.7 Å². The molecule has 1 saturated heterocycles. The molecule has 1 heterocycles. The highest BCUT2D eigenvalue weighted by molar-refractivity contribution is 5.89. The van der Waals surface area contributed by atoms with Crippen LogP contribution < -0.4 is 5.32 Å². The monoisotopic (exact) mass is 450 g/mol. The summed E-state index contributed by atoms with van der Waals surface area (Å²) in [6.45, 7) is 5.94. The van der Waals surface area contributed by atoms with Gasteiger partial charge in [0.2, 0.25) is 5.91 Å². The van der Waals surface area contributed by atoms with E-state index in [0.29, 0.717) is 13.0 Å². The number of hydrogen-bond donors (Lipinski definition) is 2. The van der Waals surface area contributed by atoms with Crippen LogP contribution >= 0.6 is 0 Å². The minimum Gasteiger partial charge on any atom is -0.481 e. The van der Waals surface area contributed by atoms with Gasteiger partial charge >= 0.3 is 12.1 Å². The Kier molecular flexibility index (Phi) is 6.15. The van der Waals surface area contributed by atoms with E-state index in [0.717, 1.165) is 22.3 Å². The van der Waals surface area contributed by atoms with Gasteiger partial charge in [-0.05, 0) is 48.4 Å². The highest BCUT2D eigenvalue weighted by Gasteiger charge is 2.39. The Morgan fingerprint density at radius 1 is 1.03 bits per heavy atom. The van der Waals surface area contributed by atoms with Crippen LogP contribution in [0.15, 0.2) is 48.5 Å². The molecule has 0 radical (unpaired) electrons. The third-order valence-electron chi connectivity index (χ3n) is 6.59. The van der Waals surface area contributed by atoms with E-state index in [4.69, 9.17) is 4.74 Å². The number of hydrogen-bond acceptors (Lipinski definition) is 4. The molecule has 33 heavy (non-hydrogen) atoms. The van der Waals surface area contributed by atoms with Crippen molar-refractivity contribution >= 4 is 18.0 Å². The number of nitrogens with zero attached hydrogens (tertiary/aromatic N) is 1. The van der Waals surface area contributed by atoms with E-state index < -0.39 is 23.5 Å². The molecule has 2 unspecified atom stereocenters. The molecule has 174 valence electrons. The SMILES string of the molecule is CC1CC(C(=O)O)CN(C(=O)C(C)(C)NC(=O)OCC2c3ccccc3-c3ccccc32)C1. The Hall–Kier alpha value is -3.35. The lowest BCUT2D eigenvalue weighted by Gasteiger charge is -2.39. The molecule has 2 aromatic rings. The fourth-order valence-electron chi connectivity index (χ4n) is 5.03. The molecular weight excluding hydrogens is 420 g/mol. The number of carbonyl (C=O) groups is 3. The lowest BCUT2D eigenvalue weighted by Crippen LogP contribution is -2.59. The third-order valence-corrected chi connectivity index (χ3v) is 6.59. The highest BCUT2D eigenvalue weighted by Crippen LogP contribution is 2.44. The van der Waals surface area contributed by atoms with Gasteiger partial charge in [-0.25, -0.2) is 4.79 Å². The fourth-order valence-corrected chi connectivity index (χ4v) is 5.03. The number of fused-ring (bicyclic) bond motifs is 3. The highest BCUT2D eigenvalue weighted by atomic mass is 16.5. The van der Waals surface area contributed by atoms with Gasteiger partial charge < -0.3 is 20.1 Å². The second kappa shape index (κ2) is 8.89. The summed E-state index contributed by atoms with van der Waals surface area (Å²) < 4.78 is 5.58. The third kappa shape index (κ3) is 4.58. The number of carboxylic acids is 1. The molecule has 0 bridgehead atoms. The summed E-state index contributed by atoms with van der Waals surface area (Å²) in [6, 6.07) is 16.2. The van der Waals surface area contributed by atoms with Crippen LogP contribution in [0.1, 0.15) is 44.2 Å². The molecule has 2 atom stereocenters. The van der Waals surface area contributed by atoms with Crippen LogP contribution in [-0.4, -0.2) is 53.2 Å². The minimum absolute atomic E-state index is 0.0683. The summed E-state index contributed by atoms with van der Waals surface area (Å²) in [7, 11) is 0. The van der Waals surface area contributed by atoms with Crippen molar-refractivity contribution < 1.29 is 24.2 Å². The van der Waals surface area contributed by atoms with Gasteiger partial charge in [0.15, 0.2) is 0 Å². The van der Waals surface area contributed by atoms with Gasteiger partial charge in [0.1, 0.15) is 12.1 Å². The largest absolute Gasteiger partial charge is 0.481 e. The van der Waals surface area contributed by atoms with E-state index in [2.05, 4.69) is 17.4 Å². The van der Waals surface area contributed by atoms with Gasteiger partial charge in [0, 0.05) is 19.0 Å². The summed E-state index contributed by atoms with van der Waals surface area (Å²) in [5.74, 6) is -1.80. The van der Waals surface area contributed by atoms with Crippen LogP contribution in [0.5, 0.6) is 0 Å². The molecular formula is C26H30N2O5. The average Bonchev–Trinajstić information content (AvgIpc) is 3.10. The maximum atomic E-state index is 13.1. The van der Waals surface area contributed by atoms with E-state index >= 15 is 0 Å². The van der Waals surface area contributed by atoms with Crippen LogP contribution in [0.25, 0.3) is 11.1 Å². The van der Waals surface area contributed by atoms with E-state index in [1.807, 2.05) is 43.3 Å². The number of piperidine rings is 1. The number of benzene rings is 2. The van der Waals surface area contributed by atoms with E-state index in [-0.39, 0.29) is 30.9 Å². The van der Waals surface area contributed by atoms with Crippen molar-refractivity contribution in [3.63, 3.8) is 0 Å². The summed E-state index contributed by atoms with van der Waals surface area (Å²) in [5.41, 5.74) is 3.30. The number of carboxylic acid groups (broad SMARTS) is 1. The maximum absolute atomic E-state index is 13.1. The molecule has 0 aromatic heterocycles. The first kappa shape index (κ1) is 22.8. The average molecular weight is 451 g/mol. The van der Waals surface area contributed by atoms with E-state index in [9.17, 15) is 19.5 Å². The topological polar surface area (TPSA) is 95.9 Å². The first-order chi connectivity index (χ1) is 15.7. The Bertz CT molecular complexity index is 1030. The number of rotatable bonds is 5. The Labute approximate surface area is 193 Å². The Balaban J connectivity index is 1.40. The quantitative estimate of drug-likeness (QED) is 0.721. The lowest BCUT2D eigenvalue weighted by molar-refractivity contribution is -0.148. The zero-order valence-electron chi connectivity index (χ0n) is 19.2. The molecule has 1 aliphatic carbocycles. The van der Waals surface area contributed by atoms with Crippen molar-refractivity contribution in [2.24, 2.45) is 11.8 Å². The molecule has 2 aromatic carbocycles. The summed E-state index contributed by atoms with van der Waals surface area (Å²) in [6.07, 6.45) is -0.130. The van der Waals surface area contributed by atoms with Crippen molar-refractivity contribution in [3.05, 3.63) is 59.7 Å². The smallest absolute Gasteiger partial charge is 0.408 e. The van der Waals surface area contributed by atoms with Crippen molar-refractivity contribution in [1.29, 1.82) is 0 Å². The van der Waals surface area contributed by atoms with Gasteiger partial charge in [0.05, 0.1) is 5.92 Å². The Morgan fingerprint density at radius 2 is 1.61 bits per heavy atom. The standard InChI is InChI=1S/C26H30N2O5/c1-16-12-17(23(29)30)14-28(13-16)24(31)26(2,3)27-25(32)33-15-22-20-10-6-4-8-18(20)19-9-5-7-11-21(19)22/h4-11,16-17,22H,12-15H2,1-3H3,(H,27,32)(H,29,30). The molecule has 2 N–H and O–H groups in total. The first-order valence-corrected chi connectivity index (χ1v) is 11.3. The van der Waals surface area contributed by atoms with Gasteiger partial charge in [-0.2, -0.15) is 0 Å². The zero-order valence-corrected chi connectivity index (χ0v) is 19.2. The van der Waals surface area contributed by atoms with E-state index in [1.54, 1.807) is 13.8 Å². The molecule has 1 aliphatic heterocycles. The van der Waals surface area contributed by atoms with Crippen LogP contribution in [0.3, 0.4) is 0 Å². The van der Waals surface area contributed by atoms with Gasteiger partial charge in [0.25, 0.3) is 0 Å². The van der Waals surface area contributed by atoms with Gasteiger partial charge in [-0.3, -0.25) is 9.59 Å². The maximum Gasteiger partial charge on any atom is 0.408 e.